The Kier molecular flexibility index (Phi) is 5.30. The van der Waals surface area contributed by atoms with Crippen LogP contribution in [0.1, 0.15) is 29.1 Å². The highest BCUT2D eigenvalue weighted by molar-refractivity contribution is 5.94. The lowest BCUT2D eigenvalue weighted by Crippen LogP contribution is -2.28. The van der Waals surface area contributed by atoms with Crippen LogP contribution in [0, 0.1) is 0 Å². The fourth-order valence-corrected chi connectivity index (χ4v) is 2.58. The molecule has 0 radical (unpaired) electrons. The molecule has 0 aliphatic heterocycles. The molecule has 3 rings (SSSR count). The number of hydrogen-bond donors (Lipinski definition) is 1. The second-order valence-corrected chi connectivity index (χ2v) is 5.80. The van der Waals surface area contributed by atoms with Crippen molar-refractivity contribution in [2.75, 3.05) is 14.2 Å². The number of aryl methyl sites for hydroxylation is 1. The molecule has 0 bridgehead atoms. The monoisotopic (exact) mass is 368 g/mol. The lowest BCUT2D eigenvalue weighted by atomic mass is 10.1. The van der Waals surface area contributed by atoms with Gasteiger partial charge in [0.05, 0.1) is 26.0 Å². The van der Waals surface area contributed by atoms with E-state index in [1.165, 1.54) is 20.5 Å². The molecule has 140 valence electrons. The van der Waals surface area contributed by atoms with Gasteiger partial charge in [0, 0.05) is 24.2 Å². The zero-order valence-electron chi connectivity index (χ0n) is 15.5. The smallest absolute Gasteiger partial charge is 0.320 e. The zero-order chi connectivity index (χ0) is 19.4. The molecular weight excluding hydrogens is 348 g/mol. The Labute approximate surface area is 156 Å². The van der Waals surface area contributed by atoms with Crippen molar-refractivity contribution in [1.29, 1.82) is 0 Å². The second-order valence-electron chi connectivity index (χ2n) is 5.80. The number of ether oxygens (including phenoxy) is 2. The number of amides is 1. The van der Waals surface area contributed by atoms with E-state index in [0.29, 0.717) is 23.0 Å². The summed E-state index contributed by atoms with van der Waals surface area (Å²) in [6.07, 6.45) is 1.46. The van der Waals surface area contributed by atoms with Crippen LogP contribution in [0.2, 0.25) is 0 Å². The van der Waals surface area contributed by atoms with E-state index >= 15 is 0 Å². The Morgan fingerprint density at radius 3 is 2.48 bits per heavy atom. The van der Waals surface area contributed by atoms with Crippen molar-refractivity contribution in [3.05, 3.63) is 48.0 Å². The lowest BCUT2D eigenvalue weighted by Gasteiger charge is -2.13. The number of hydrogen-bond acceptors (Lipinski definition) is 7. The highest BCUT2D eigenvalue weighted by atomic mass is 16.5. The van der Waals surface area contributed by atoms with E-state index in [4.69, 9.17) is 9.47 Å². The van der Waals surface area contributed by atoms with Crippen molar-refractivity contribution in [3.63, 3.8) is 0 Å². The molecule has 0 spiro atoms. The first-order valence-corrected chi connectivity index (χ1v) is 8.24. The third-order valence-corrected chi connectivity index (χ3v) is 4.00. The van der Waals surface area contributed by atoms with E-state index in [0.717, 1.165) is 5.56 Å². The second kappa shape index (κ2) is 7.81. The maximum absolute atomic E-state index is 12.5. The summed E-state index contributed by atoms with van der Waals surface area (Å²) >= 11 is 0. The summed E-state index contributed by atoms with van der Waals surface area (Å²) in [7, 11) is 4.80. The van der Waals surface area contributed by atoms with Gasteiger partial charge in [0.25, 0.3) is 5.91 Å². The highest BCUT2D eigenvalue weighted by Crippen LogP contribution is 2.23. The van der Waals surface area contributed by atoms with Gasteiger partial charge < -0.3 is 14.8 Å². The molecule has 9 heteroatoms. The number of rotatable bonds is 6. The van der Waals surface area contributed by atoms with Crippen LogP contribution in [0.15, 0.2) is 36.7 Å². The minimum absolute atomic E-state index is 0.199. The SMILES string of the molecule is COc1cc(-c2ccc(C(=O)N[C@@H](C)c3ncnn3C)cc2)nc(OC)n1. The van der Waals surface area contributed by atoms with Gasteiger partial charge in [-0.05, 0) is 19.1 Å². The van der Waals surface area contributed by atoms with Crippen LogP contribution in [0.4, 0.5) is 0 Å². The van der Waals surface area contributed by atoms with Gasteiger partial charge in [-0.25, -0.2) is 4.98 Å². The standard InChI is InChI=1S/C18H20N6O3/c1-11(16-19-10-20-24(16)2)21-17(25)13-7-5-12(6-8-13)14-9-15(26-3)23-18(22-14)27-4/h5-11H,1-4H3,(H,21,25)/t11-/m0/s1. The van der Waals surface area contributed by atoms with Crippen LogP contribution in [0.3, 0.4) is 0 Å². The fourth-order valence-electron chi connectivity index (χ4n) is 2.58. The first-order valence-electron chi connectivity index (χ1n) is 8.24. The molecule has 3 aromatic rings. The molecule has 0 aliphatic rings. The molecule has 0 saturated carbocycles. The first-order chi connectivity index (χ1) is 13.0. The van der Waals surface area contributed by atoms with Crippen LogP contribution in [0.25, 0.3) is 11.3 Å². The molecule has 0 aliphatic carbocycles. The van der Waals surface area contributed by atoms with Crippen LogP contribution in [-0.2, 0) is 7.05 Å². The minimum Gasteiger partial charge on any atom is -0.481 e. The topological polar surface area (TPSA) is 104 Å². The minimum atomic E-state index is -0.264. The Balaban J connectivity index is 1.77. The molecule has 1 atom stereocenters. The van der Waals surface area contributed by atoms with E-state index in [2.05, 4.69) is 25.4 Å². The zero-order valence-corrected chi connectivity index (χ0v) is 15.5. The lowest BCUT2D eigenvalue weighted by molar-refractivity contribution is 0.0937. The molecule has 0 unspecified atom stereocenters. The van der Waals surface area contributed by atoms with Crippen molar-refractivity contribution in [3.8, 4) is 23.1 Å². The van der Waals surface area contributed by atoms with Crippen molar-refractivity contribution in [1.82, 2.24) is 30.0 Å². The average molecular weight is 368 g/mol. The number of carbonyl (C=O) groups is 1. The summed E-state index contributed by atoms with van der Waals surface area (Å²) in [5.41, 5.74) is 1.98. The van der Waals surface area contributed by atoms with Gasteiger partial charge in [0.1, 0.15) is 12.2 Å². The summed E-state index contributed by atoms with van der Waals surface area (Å²) in [5, 5.41) is 6.92. The van der Waals surface area contributed by atoms with Gasteiger partial charge in [-0.15, -0.1) is 0 Å². The number of nitrogens with one attached hydrogen (secondary N) is 1. The molecule has 1 N–H and O–H groups in total. The average Bonchev–Trinajstić information content (AvgIpc) is 3.13. The van der Waals surface area contributed by atoms with Crippen LogP contribution >= 0.6 is 0 Å². The maximum atomic E-state index is 12.5. The summed E-state index contributed by atoms with van der Waals surface area (Å²) < 4.78 is 11.9. The predicted molar refractivity (Wildman–Crippen MR) is 97.5 cm³/mol. The molecule has 9 nitrogen and oxygen atoms in total. The predicted octanol–water partition coefficient (Wildman–Crippen LogP) is 1.78. The third kappa shape index (κ3) is 4.02. The molecule has 1 amide bonds. The molecule has 27 heavy (non-hydrogen) atoms. The number of benzene rings is 1. The van der Waals surface area contributed by atoms with Crippen LogP contribution < -0.4 is 14.8 Å². The molecule has 1 aromatic carbocycles. The summed E-state index contributed by atoms with van der Waals surface area (Å²) in [6, 6.07) is 8.73. The number of carbonyl (C=O) groups excluding carboxylic acids is 1. The summed E-state index contributed by atoms with van der Waals surface area (Å²) in [6.45, 7) is 1.86. The molecule has 2 aromatic heterocycles. The van der Waals surface area contributed by atoms with Crippen molar-refractivity contribution >= 4 is 5.91 Å². The summed E-state index contributed by atoms with van der Waals surface area (Å²) in [5.74, 6) is 0.881. The largest absolute Gasteiger partial charge is 0.481 e. The first kappa shape index (κ1) is 18.3. The molecule has 0 fully saturated rings. The highest BCUT2D eigenvalue weighted by Gasteiger charge is 2.15. The van der Waals surface area contributed by atoms with E-state index in [1.807, 2.05) is 19.1 Å². The maximum Gasteiger partial charge on any atom is 0.320 e. The van der Waals surface area contributed by atoms with Crippen LogP contribution in [-0.4, -0.2) is 44.9 Å². The third-order valence-electron chi connectivity index (χ3n) is 4.00. The number of nitrogens with zero attached hydrogens (tertiary/aromatic N) is 5. The molecular formula is C18H20N6O3. The summed E-state index contributed by atoms with van der Waals surface area (Å²) in [4.78, 5) is 25.0. The Morgan fingerprint density at radius 1 is 1.15 bits per heavy atom. The van der Waals surface area contributed by atoms with Gasteiger partial charge >= 0.3 is 6.01 Å². The Hall–Kier alpha value is -3.49. The number of aromatic nitrogens is 5. The fraction of sp³-hybridized carbons (Fsp3) is 0.278. The van der Waals surface area contributed by atoms with Gasteiger partial charge in [0.15, 0.2) is 0 Å². The normalized spacial score (nSPS) is 11.7. The van der Waals surface area contributed by atoms with Gasteiger partial charge in [-0.3, -0.25) is 9.48 Å². The van der Waals surface area contributed by atoms with Crippen molar-refractivity contribution < 1.29 is 14.3 Å². The van der Waals surface area contributed by atoms with Gasteiger partial charge in [-0.2, -0.15) is 15.1 Å². The Morgan fingerprint density at radius 2 is 1.89 bits per heavy atom. The van der Waals surface area contributed by atoms with Gasteiger partial charge in [0.2, 0.25) is 5.88 Å². The van der Waals surface area contributed by atoms with Crippen LogP contribution in [0.5, 0.6) is 11.9 Å². The van der Waals surface area contributed by atoms with E-state index in [-0.39, 0.29) is 18.0 Å². The molecule has 0 saturated heterocycles. The van der Waals surface area contributed by atoms with E-state index in [9.17, 15) is 4.79 Å². The van der Waals surface area contributed by atoms with E-state index in [1.54, 1.807) is 29.9 Å². The number of methoxy groups -OCH3 is 2. The van der Waals surface area contributed by atoms with Crippen molar-refractivity contribution in [2.24, 2.45) is 7.05 Å². The van der Waals surface area contributed by atoms with E-state index < -0.39 is 0 Å². The van der Waals surface area contributed by atoms with Gasteiger partial charge in [-0.1, -0.05) is 12.1 Å². The van der Waals surface area contributed by atoms with Crippen molar-refractivity contribution in [2.45, 2.75) is 13.0 Å². The quantitative estimate of drug-likeness (QED) is 0.707. The Bertz CT molecular complexity index is 916. The molecule has 2 heterocycles.